The van der Waals surface area contributed by atoms with Gasteiger partial charge >= 0.3 is 11.8 Å². The molecule has 2 N–H and O–H groups in total. The Labute approximate surface area is 161 Å². The maximum absolute atomic E-state index is 12.4. The quantitative estimate of drug-likeness (QED) is 0.787. The summed E-state index contributed by atoms with van der Waals surface area (Å²) in [5.41, 5.74) is 3.94. The molecule has 27 heavy (non-hydrogen) atoms. The maximum Gasteiger partial charge on any atom is 0.314 e. The van der Waals surface area contributed by atoms with E-state index in [4.69, 9.17) is 4.74 Å². The first-order valence-corrected chi connectivity index (χ1v) is 10.2. The fourth-order valence-electron chi connectivity index (χ4n) is 3.27. The third-order valence-corrected chi connectivity index (χ3v) is 5.75. The molecule has 1 saturated heterocycles. The molecule has 142 valence electrons. The second-order valence-corrected chi connectivity index (χ2v) is 7.80. The summed E-state index contributed by atoms with van der Waals surface area (Å²) in [6.07, 6.45) is 1.90. The first-order chi connectivity index (χ1) is 13.1. The van der Waals surface area contributed by atoms with Crippen molar-refractivity contribution in [2.75, 3.05) is 18.5 Å². The molecular formula is C19H22N4O3S. The molecular weight excluding hydrogens is 364 g/mol. The van der Waals surface area contributed by atoms with Gasteiger partial charge < -0.3 is 15.4 Å². The zero-order valence-electron chi connectivity index (χ0n) is 15.2. The first-order valence-electron chi connectivity index (χ1n) is 9.08. The van der Waals surface area contributed by atoms with Crippen LogP contribution in [-0.4, -0.2) is 40.9 Å². The fourth-order valence-corrected chi connectivity index (χ4v) is 4.31. The normalized spacial score (nSPS) is 18.3. The van der Waals surface area contributed by atoms with Gasteiger partial charge in [-0.3, -0.25) is 9.59 Å². The molecule has 1 atom stereocenters. The average Bonchev–Trinajstić information content (AvgIpc) is 3.39. The monoisotopic (exact) mass is 386 g/mol. The largest absolute Gasteiger partial charge is 0.376 e. The number of ether oxygens (including phenoxy) is 1. The SMILES string of the molecule is Cc1ccc(-n2nc3c(c2NC(=O)C(=O)NC[C@@H]2CCCO2)CSC3)cc1. The summed E-state index contributed by atoms with van der Waals surface area (Å²) in [5, 5.41) is 10.1. The highest BCUT2D eigenvalue weighted by atomic mass is 32.2. The topological polar surface area (TPSA) is 85.2 Å². The molecule has 2 amide bonds. The average molecular weight is 386 g/mol. The molecule has 0 unspecified atom stereocenters. The van der Waals surface area contributed by atoms with Crippen molar-refractivity contribution in [2.24, 2.45) is 0 Å². The fraction of sp³-hybridized carbons (Fsp3) is 0.421. The molecule has 1 aromatic heterocycles. The molecule has 0 saturated carbocycles. The third kappa shape index (κ3) is 3.86. The summed E-state index contributed by atoms with van der Waals surface area (Å²) in [6, 6.07) is 7.91. The van der Waals surface area contributed by atoms with Gasteiger partial charge in [-0.05, 0) is 31.9 Å². The van der Waals surface area contributed by atoms with Crippen molar-refractivity contribution in [3.63, 3.8) is 0 Å². The van der Waals surface area contributed by atoms with Crippen molar-refractivity contribution >= 4 is 29.4 Å². The van der Waals surface area contributed by atoms with Crippen molar-refractivity contribution in [3.05, 3.63) is 41.1 Å². The van der Waals surface area contributed by atoms with Crippen LogP contribution in [0.1, 0.15) is 29.7 Å². The Bertz CT molecular complexity index is 857. The number of aryl methyl sites for hydroxylation is 1. The summed E-state index contributed by atoms with van der Waals surface area (Å²) < 4.78 is 7.19. The van der Waals surface area contributed by atoms with Crippen molar-refractivity contribution in [3.8, 4) is 5.69 Å². The van der Waals surface area contributed by atoms with E-state index < -0.39 is 11.8 Å². The van der Waals surface area contributed by atoms with Gasteiger partial charge in [0.05, 0.1) is 17.5 Å². The van der Waals surface area contributed by atoms with E-state index in [-0.39, 0.29) is 6.10 Å². The van der Waals surface area contributed by atoms with Gasteiger partial charge in [-0.1, -0.05) is 17.7 Å². The van der Waals surface area contributed by atoms with Crippen molar-refractivity contribution in [1.82, 2.24) is 15.1 Å². The van der Waals surface area contributed by atoms with Crippen LogP contribution in [0.15, 0.2) is 24.3 Å². The Kier molecular flexibility index (Phi) is 5.18. The van der Waals surface area contributed by atoms with Gasteiger partial charge in [0.1, 0.15) is 5.82 Å². The van der Waals surface area contributed by atoms with Crippen LogP contribution in [-0.2, 0) is 25.8 Å². The van der Waals surface area contributed by atoms with Crippen LogP contribution < -0.4 is 10.6 Å². The minimum absolute atomic E-state index is 0.000448. The Morgan fingerprint density at radius 2 is 2.07 bits per heavy atom. The lowest BCUT2D eigenvalue weighted by Crippen LogP contribution is -2.39. The first kappa shape index (κ1) is 18.1. The van der Waals surface area contributed by atoms with E-state index in [2.05, 4.69) is 15.7 Å². The highest BCUT2D eigenvalue weighted by Gasteiger charge is 2.27. The lowest BCUT2D eigenvalue weighted by Gasteiger charge is -2.13. The van der Waals surface area contributed by atoms with Crippen LogP contribution in [0.4, 0.5) is 5.82 Å². The molecule has 1 fully saturated rings. The van der Waals surface area contributed by atoms with E-state index in [0.29, 0.717) is 19.0 Å². The molecule has 0 radical (unpaired) electrons. The van der Waals surface area contributed by atoms with Crippen LogP contribution in [0.5, 0.6) is 0 Å². The van der Waals surface area contributed by atoms with Crippen LogP contribution in [0.2, 0.25) is 0 Å². The predicted octanol–water partition coefficient (Wildman–Crippen LogP) is 2.16. The second-order valence-electron chi connectivity index (χ2n) is 6.81. The minimum atomic E-state index is -0.680. The summed E-state index contributed by atoms with van der Waals surface area (Å²) >= 11 is 1.75. The number of rotatable bonds is 4. The lowest BCUT2D eigenvalue weighted by molar-refractivity contribution is -0.136. The van der Waals surface area contributed by atoms with Crippen LogP contribution in [0.25, 0.3) is 5.69 Å². The number of amides is 2. The summed E-state index contributed by atoms with van der Waals surface area (Å²) in [6.45, 7) is 3.09. The van der Waals surface area contributed by atoms with Gasteiger partial charge in [0, 0.05) is 30.2 Å². The standard InChI is InChI=1S/C19H22N4O3S/c1-12-4-6-13(7-5-12)23-17(15-10-27-11-16(15)22-23)21-19(25)18(24)20-9-14-3-2-8-26-14/h4-7,14H,2-3,8-11H2,1H3,(H,20,24)(H,21,25)/t14-/m0/s1. The highest BCUT2D eigenvalue weighted by molar-refractivity contribution is 7.98. The molecule has 0 aliphatic carbocycles. The minimum Gasteiger partial charge on any atom is -0.376 e. The molecule has 2 aliphatic heterocycles. The van der Waals surface area contributed by atoms with Gasteiger partial charge in [0.25, 0.3) is 0 Å². The molecule has 8 heteroatoms. The lowest BCUT2D eigenvalue weighted by atomic mass is 10.2. The number of thioether (sulfide) groups is 1. The molecule has 2 aromatic rings. The molecule has 0 spiro atoms. The number of carbonyl (C=O) groups excluding carboxylic acids is 2. The maximum atomic E-state index is 12.4. The molecule has 4 rings (SSSR count). The summed E-state index contributed by atoms with van der Waals surface area (Å²) in [4.78, 5) is 24.6. The van der Waals surface area contributed by atoms with Gasteiger partial charge in [-0.2, -0.15) is 16.9 Å². The van der Waals surface area contributed by atoms with E-state index in [1.807, 2.05) is 31.2 Å². The molecule has 1 aromatic carbocycles. The second kappa shape index (κ2) is 7.74. The van der Waals surface area contributed by atoms with Crippen molar-refractivity contribution in [1.29, 1.82) is 0 Å². The summed E-state index contributed by atoms with van der Waals surface area (Å²) in [5.74, 6) is 0.829. The Balaban J connectivity index is 1.51. The molecule has 0 bridgehead atoms. The number of fused-ring (bicyclic) bond motifs is 1. The number of anilines is 1. The smallest absolute Gasteiger partial charge is 0.314 e. The van der Waals surface area contributed by atoms with Crippen LogP contribution >= 0.6 is 11.8 Å². The van der Waals surface area contributed by atoms with Crippen molar-refractivity contribution < 1.29 is 14.3 Å². The summed E-state index contributed by atoms with van der Waals surface area (Å²) in [7, 11) is 0. The van der Waals surface area contributed by atoms with E-state index in [0.717, 1.165) is 46.9 Å². The number of hydrogen-bond donors (Lipinski definition) is 2. The van der Waals surface area contributed by atoms with Gasteiger partial charge in [-0.25, -0.2) is 4.68 Å². The zero-order valence-corrected chi connectivity index (χ0v) is 16.0. The molecule has 3 heterocycles. The van der Waals surface area contributed by atoms with Crippen molar-refractivity contribution in [2.45, 2.75) is 37.4 Å². The highest BCUT2D eigenvalue weighted by Crippen LogP contribution is 2.36. The van der Waals surface area contributed by atoms with Gasteiger partial charge in [-0.15, -0.1) is 0 Å². The third-order valence-electron chi connectivity index (χ3n) is 4.78. The number of nitrogens with one attached hydrogen (secondary N) is 2. The molecule has 7 nitrogen and oxygen atoms in total. The number of carbonyl (C=O) groups is 2. The number of aromatic nitrogens is 2. The Morgan fingerprint density at radius 1 is 1.26 bits per heavy atom. The van der Waals surface area contributed by atoms with Gasteiger partial charge in [0.15, 0.2) is 0 Å². The number of benzene rings is 1. The number of hydrogen-bond acceptors (Lipinski definition) is 5. The molecule has 2 aliphatic rings. The van der Waals surface area contributed by atoms with E-state index in [1.54, 1.807) is 16.4 Å². The van der Waals surface area contributed by atoms with E-state index in [9.17, 15) is 9.59 Å². The van der Waals surface area contributed by atoms with Gasteiger partial charge in [0.2, 0.25) is 0 Å². The van der Waals surface area contributed by atoms with E-state index >= 15 is 0 Å². The number of nitrogens with zero attached hydrogens (tertiary/aromatic N) is 2. The van der Waals surface area contributed by atoms with E-state index in [1.165, 1.54) is 0 Å². The van der Waals surface area contributed by atoms with Crippen LogP contribution in [0, 0.1) is 6.92 Å². The Morgan fingerprint density at radius 3 is 2.81 bits per heavy atom. The Hall–Kier alpha value is -2.32. The zero-order chi connectivity index (χ0) is 18.8. The predicted molar refractivity (Wildman–Crippen MR) is 104 cm³/mol. The van der Waals surface area contributed by atoms with Crippen LogP contribution in [0.3, 0.4) is 0 Å².